The molecule has 0 aliphatic carbocycles. The molecule has 1 N–H and O–H groups in total. The molecule has 198 valence electrons. The maximum Gasteiger partial charge on any atom is 0.333 e. The number of esters is 1. The van der Waals surface area contributed by atoms with Gasteiger partial charge in [-0.2, -0.15) is 0 Å². The van der Waals surface area contributed by atoms with Crippen molar-refractivity contribution in [1.82, 2.24) is 18.7 Å². The van der Waals surface area contributed by atoms with E-state index in [1.54, 1.807) is 24.3 Å². The molecule has 0 saturated heterocycles. The fourth-order valence-corrected chi connectivity index (χ4v) is 3.76. The van der Waals surface area contributed by atoms with Gasteiger partial charge in [0.15, 0.2) is 17.8 Å². The SMILES string of the molecule is COCCn1cnc2c1c(=O)n(CC(=O)OCC(=O)Nc1c(F)cccc1F)c(=O)n2Cc1ccccc1. The molecule has 2 heterocycles. The van der Waals surface area contributed by atoms with Crippen molar-refractivity contribution in [2.75, 3.05) is 25.6 Å². The van der Waals surface area contributed by atoms with E-state index in [1.807, 2.05) is 11.4 Å². The number of nitrogens with one attached hydrogen (secondary N) is 1. The zero-order valence-corrected chi connectivity index (χ0v) is 20.2. The van der Waals surface area contributed by atoms with Gasteiger partial charge >= 0.3 is 11.7 Å². The molecule has 1 amide bonds. The van der Waals surface area contributed by atoms with Crippen molar-refractivity contribution in [2.24, 2.45) is 0 Å². The van der Waals surface area contributed by atoms with Crippen LogP contribution in [0.5, 0.6) is 0 Å². The van der Waals surface area contributed by atoms with E-state index in [0.29, 0.717) is 4.57 Å². The zero-order chi connectivity index (χ0) is 27.2. The molecule has 11 nitrogen and oxygen atoms in total. The minimum Gasteiger partial charge on any atom is -0.454 e. The van der Waals surface area contributed by atoms with Crippen LogP contribution in [0.25, 0.3) is 11.2 Å². The summed E-state index contributed by atoms with van der Waals surface area (Å²) in [7, 11) is 1.50. The van der Waals surface area contributed by atoms with Crippen LogP contribution in [0.15, 0.2) is 64.4 Å². The number of carbonyl (C=O) groups is 2. The van der Waals surface area contributed by atoms with Crippen molar-refractivity contribution < 1.29 is 27.8 Å². The number of rotatable bonds is 10. The molecule has 4 aromatic rings. The predicted octanol–water partition coefficient (Wildman–Crippen LogP) is 1.51. The lowest BCUT2D eigenvalue weighted by Crippen LogP contribution is -2.43. The Labute approximate surface area is 213 Å². The molecule has 2 aromatic heterocycles. The van der Waals surface area contributed by atoms with Gasteiger partial charge in [0.2, 0.25) is 0 Å². The first kappa shape index (κ1) is 26.4. The highest BCUT2D eigenvalue weighted by Gasteiger charge is 2.21. The van der Waals surface area contributed by atoms with Gasteiger partial charge in [-0.25, -0.2) is 23.1 Å². The second kappa shape index (κ2) is 11.6. The number of halogens is 2. The van der Waals surface area contributed by atoms with Gasteiger partial charge in [0.05, 0.1) is 19.5 Å². The Morgan fingerprint density at radius 3 is 2.39 bits per heavy atom. The number of hydrogen-bond acceptors (Lipinski definition) is 7. The molecule has 4 rings (SSSR count). The first-order chi connectivity index (χ1) is 18.3. The van der Waals surface area contributed by atoms with Crippen molar-refractivity contribution in [3.8, 4) is 0 Å². The smallest absolute Gasteiger partial charge is 0.333 e. The number of ether oxygens (including phenoxy) is 2. The Morgan fingerprint density at radius 1 is 1.00 bits per heavy atom. The van der Waals surface area contributed by atoms with Gasteiger partial charge < -0.3 is 19.4 Å². The molecule has 0 spiro atoms. The predicted molar refractivity (Wildman–Crippen MR) is 132 cm³/mol. The largest absolute Gasteiger partial charge is 0.454 e. The van der Waals surface area contributed by atoms with E-state index in [4.69, 9.17) is 9.47 Å². The maximum atomic E-state index is 13.7. The number of carbonyl (C=O) groups excluding carboxylic acids is 2. The molecule has 0 radical (unpaired) electrons. The van der Waals surface area contributed by atoms with Crippen molar-refractivity contribution in [3.05, 3.63) is 92.9 Å². The Morgan fingerprint density at radius 2 is 1.71 bits per heavy atom. The summed E-state index contributed by atoms with van der Waals surface area (Å²) < 4.78 is 40.9. The van der Waals surface area contributed by atoms with Gasteiger partial charge in [0, 0.05) is 13.7 Å². The fourth-order valence-electron chi connectivity index (χ4n) is 3.76. The van der Waals surface area contributed by atoms with E-state index in [1.165, 1.54) is 22.6 Å². The quantitative estimate of drug-likeness (QED) is 0.310. The number of amides is 1. The minimum absolute atomic E-state index is 0.0728. The highest BCUT2D eigenvalue weighted by atomic mass is 19.1. The van der Waals surface area contributed by atoms with E-state index in [2.05, 4.69) is 4.98 Å². The maximum absolute atomic E-state index is 13.7. The van der Waals surface area contributed by atoms with Gasteiger partial charge in [-0.05, 0) is 17.7 Å². The number of para-hydroxylation sites is 1. The molecule has 38 heavy (non-hydrogen) atoms. The average molecular weight is 527 g/mol. The van der Waals surface area contributed by atoms with Crippen LogP contribution in [0.1, 0.15) is 5.56 Å². The number of benzene rings is 2. The van der Waals surface area contributed by atoms with Crippen molar-refractivity contribution in [1.29, 1.82) is 0 Å². The summed E-state index contributed by atoms with van der Waals surface area (Å²) >= 11 is 0. The van der Waals surface area contributed by atoms with Crippen molar-refractivity contribution in [3.63, 3.8) is 0 Å². The monoisotopic (exact) mass is 527 g/mol. The first-order valence-corrected chi connectivity index (χ1v) is 11.4. The third kappa shape index (κ3) is 5.67. The molecular formula is C25H23F2N5O6. The fraction of sp³-hybridized carbons (Fsp3) is 0.240. The topological polar surface area (TPSA) is 126 Å². The lowest BCUT2D eigenvalue weighted by atomic mass is 10.2. The summed E-state index contributed by atoms with van der Waals surface area (Å²) in [6.07, 6.45) is 1.40. The number of methoxy groups -OCH3 is 1. The van der Waals surface area contributed by atoms with Crippen LogP contribution in [0.2, 0.25) is 0 Å². The highest BCUT2D eigenvalue weighted by molar-refractivity contribution is 5.93. The van der Waals surface area contributed by atoms with Gasteiger partial charge in [0.25, 0.3) is 11.5 Å². The molecule has 0 atom stereocenters. The molecule has 2 aromatic carbocycles. The van der Waals surface area contributed by atoms with E-state index in [9.17, 15) is 28.0 Å². The summed E-state index contributed by atoms with van der Waals surface area (Å²) in [6, 6.07) is 12.0. The number of nitrogens with zero attached hydrogens (tertiary/aromatic N) is 4. The van der Waals surface area contributed by atoms with Crippen LogP contribution in [0.3, 0.4) is 0 Å². The Hall–Kier alpha value is -4.65. The van der Waals surface area contributed by atoms with Gasteiger partial charge in [0.1, 0.15) is 23.9 Å². The molecule has 0 saturated carbocycles. The van der Waals surface area contributed by atoms with E-state index in [-0.39, 0.29) is 30.9 Å². The molecule has 0 fully saturated rings. The van der Waals surface area contributed by atoms with Gasteiger partial charge in [-0.1, -0.05) is 36.4 Å². The van der Waals surface area contributed by atoms with E-state index >= 15 is 0 Å². The van der Waals surface area contributed by atoms with Crippen LogP contribution in [-0.2, 0) is 38.7 Å². The third-order valence-electron chi connectivity index (χ3n) is 5.58. The molecule has 0 unspecified atom stereocenters. The summed E-state index contributed by atoms with van der Waals surface area (Å²) in [5.74, 6) is -4.10. The number of hydrogen-bond donors (Lipinski definition) is 1. The van der Waals surface area contributed by atoms with Crippen LogP contribution < -0.4 is 16.6 Å². The van der Waals surface area contributed by atoms with E-state index in [0.717, 1.165) is 23.8 Å². The summed E-state index contributed by atoms with van der Waals surface area (Å²) in [6.45, 7) is -1.10. The number of anilines is 1. The van der Waals surface area contributed by atoms with Crippen LogP contribution >= 0.6 is 0 Å². The standard InChI is InChI=1S/C25H23F2N5O6/c1-37-11-10-30-15-28-23-22(30)24(35)32(25(36)31(23)12-16-6-3-2-4-7-16)13-20(34)38-14-19(33)29-21-17(26)8-5-9-18(21)27/h2-9,15H,10-14H2,1H3,(H,29,33). The Bertz CT molecular complexity index is 1580. The zero-order valence-electron chi connectivity index (χ0n) is 20.2. The van der Waals surface area contributed by atoms with Crippen LogP contribution in [-0.4, -0.2) is 50.9 Å². The lowest BCUT2D eigenvalue weighted by Gasteiger charge is -2.13. The Balaban J connectivity index is 1.59. The summed E-state index contributed by atoms with van der Waals surface area (Å²) in [5.41, 5.74) is -1.31. The number of aromatic nitrogens is 4. The minimum atomic E-state index is -1.08. The van der Waals surface area contributed by atoms with E-state index < -0.39 is 53.6 Å². The second-order valence-electron chi connectivity index (χ2n) is 8.15. The molecule has 0 aliphatic heterocycles. The third-order valence-corrected chi connectivity index (χ3v) is 5.58. The number of fused-ring (bicyclic) bond motifs is 1. The van der Waals surface area contributed by atoms with Gasteiger partial charge in [-0.15, -0.1) is 0 Å². The normalized spacial score (nSPS) is 11.0. The average Bonchev–Trinajstić information content (AvgIpc) is 3.33. The highest BCUT2D eigenvalue weighted by Crippen LogP contribution is 2.17. The second-order valence-corrected chi connectivity index (χ2v) is 8.15. The van der Waals surface area contributed by atoms with Crippen molar-refractivity contribution in [2.45, 2.75) is 19.6 Å². The lowest BCUT2D eigenvalue weighted by molar-refractivity contribution is -0.148. The van der Waals surface area contributed by atoms with Crippen LogP contribution in [0.4, 0.5) is 14.5 Å². The molecule has 13 heteroatoms. The van der Waals surface area contributed by atoms with Crippen molar-refractivity contribution >= 4 is 28.7 Å². The summed E-state index contributed by atoms with van der Waals surface area (Å²) in [5, 5.41) is 1.98. The summed E-state index contributed by atoms with van der Waals surface area (Å²) in [4.78, 5) is 55.4. The van der Waals surface area contributed by atoms with Crippen LogP contribution in [0, 0.1) is 11.6 Å². The first-order valence-electron chi connectivity index (χ1n) is 11.4. The Kier molecular flexibility index (Phi) is 8.06. The molecule has 0 aliphatic rings. The molecular weight excluding hydrogens is 504 g/mol. The number of imidazole rings is 1. The van der Waals surface area contributed by atoms with Gasteiger partial charge in [-0.3, -0.25) is 19.0 Å². The molecule has 0 bridgehead atoms.